The minimum atomic E-state index is -1.53. The molecule has 1 unspecified atom stereocenters. The Morgan fingerprint density at radius 2 is 1.32 bits per heavy atom. The standard InChI is InChI=1S/C10H18O7Si2/c1-11-7-6-8(16-18,17-19)10(14-4,15-5)9(7,12-2)13-3/h7H,6H2,1-5H3. The zero-order valence-electron chi connectivity index (χ0n) is 11.6. The molecule has 1 saturated carbocycles. The topological polar surface area (TPSA) is 64.6 Å². The van der Waals surface area contributed by atoms with Crippen molar-refractivity contribution in [1.82, 2.24) is 0 Å². The average Bonchev–Trinajstić information content (AvgIpc) is 2.73. The second-order valence-corrected chi connectivity index (χ2v) is 4.39. The van der Waals surface area contributed by atoms with Crippen molar-refractivity contribution >= 4 is 21.0 Å². The lowest BCUT2D eigenvalue weighted by Crippen LogP contribution is -2.69. The summed E-state index contributed by atoms with van der Waals surface area (Å²) >= 11 is 0. The zero-order chi connectivity index (χ0) is 14.7. The van der Waals surface area contributed by atoms with Crippen LogP contribution in [0.5, 0.6) is 0 Å². The molecule has 1 aliphatic rings. The Hall–Kier alpha value is 0.154. The van der Waals surface area contributed by atoms with Crippen molar-refractivity contribution in [3.05, 3.63) is 0 Å². The molecule has 1 rings (SSSR count). The summed E-state index contributed by atoms with van der Waals surface area (Å²) < 4.78 is 38.0. The van der Waals surface area contributed by atoms with E-state index in [2.05, 4.69) is 21.0 Å². The predicted octanol–water partition coefficient (Wildman–Crippen LogP) is -0.720. The highest BCUT2D eigenvalue weighted by Gasteiger charge is 2.78. The van der Waals surface area contributed by atoms with Crippen LogP contribution in [0.2, 0.25) is 0 Å². The molecular formula is C10H18O7Si2. The zero-order valence-corrected chi connectivity index (χ0v) is 13.6. The van der Waals surface area contributed by atoms with Crippen LogP contribution in [0.25, 0.3) is 0 Å². The number of ether oxygens (including phenoxy) is 5. The van der Waals surface area contributed by atoms with Crippen molar-refractivity contribution in [1.29, 1.82) is 0 Å². The van der Waals surface area contributed by atoms with Crippen molar-refractivity contribution in [2.75, 3.05) is 35.5 Å². The van der Waals surface area contributed by atoms with E-state index in [1.54, 1.807) is 0 Å². The van der Waals surface area contributed by atoms with Gasteiger partial charge in [0.05, 0.1) is 0 Å². The molecular weight excluding hydrogens is 288 g/mol. The molecule has 0 aromatic carbocycles. The molecule has 0 aromatic heterocycles. The number of methoxy groups -OCH3 is 5. The van der Waals surface area contributed by atoms with E-state index in [-0.39, 0.29) is 6.42 Å². The maximum atomic E-state index is 5.51. The molecule has 0 spiro atoms. The average molecular weight is 306 g/mol. The summed E-state index contributed by atoms with van der Waals surface area (Å²) in [5, 5.41) is 0. The van der Waals surface area contributed by atoms with Crippen LogP contribution >= 0.6 is 0 Å². The van der Waals surface area contributed by atoms with E-state index in [4.69, 9.17) is 32.5 Å². The van der Waals surface area contributed by atoms with Crippen LogP contribution in [0, 0.1) is 0 Å². The molecule has 0 amide bonds. The van der Waals surface area contributed by atoms with Crippen LogP contribution in [-0.4, -0.2) is 80.0 Å². The van der Waals surface area contributed by atoms with E-state index in [0.717, 1.165) is 0 Å². The maximum absolute atomic E-state index is 5.51. The summed E-state index contributed by atoms with van der Waals surface area (Å²) in [6, 6.07) is 0. The Morgan fingerprint density at radius 3 is 1.58 bits per heavy atom. The van der Waals surface area contributed by atoms with Gasteiger partial charge in [0.2, 0.25) is 5.79 Å². The second-order valence-electron chi connectivity index (χ2n) is 3.99. The molecule has 19 heavy (non-hydrogen) atoms. The van der Waals surface area contributed by atoms with Crippen molar-refractivity contribution in [2.45, 2.75) is 29.9 Å². The van der Waals surface area contributed by atoms with Crippen LogP contribution in [-0.2, 0) is 32.5 Å². The first kappa shape index (κ1) is 17.2. The minimum absolute atomic E-state index is 0.222. The maximum Gasteiger partial charge on any atom is 0.280 e. The molecule has 0 heterocycles. The van der Waals surface area contributed by atoms with Gasteiger partial charge in [-0.05, 0) is 0 Å². The highest BCUT2D eigenvalue weighted by molar-refractivity contribution is 6.00. The molecule has 7 nitrogen and oxygen atoms in total. The van der Waals surface area contributed by atoms with Crippen LogP contribution in [0.3, 0.4) is 0 Å². The lowest BCUT2D eigenvalue weighted by molar-refractivity contribution is -0.439. The lowest BCUT2D eigenvalue weighted by Gasteiger charge is -2.48. The van der Waals surface area contributed by atoms with E-state index >= 15 is 0 Å². The first-order valence-electron chi connectivity index (χ1n) is 5.46. The second kappa shape index (κ2) is 6.28. The van der Waals surface area contributed by atoms with E-state index in [9.17, 15) is 0 Å². The number of hydrogen-bond donors (Lipinski definition) is 0. The molecule has 1 aliphatic carbocycles. The fraction of sp³-hybridized carbons (Fsp3) is 1.00. The number of hydrogen-bond acceptors (Lipinski definition) is 7. The first-order chi connectivity index (χ1) is 9.03. The first-order valence-corrected chi connectivity index (χ1v) is 6.28. The van der Waals surface area contributed by atoms with Gasteiger partial charge in [-0.15, -0.1) is 0 Å². The molecule has 1 fully saturated rings. The molecule has 108 valence electrons. The van der Waals surface area contributed by atoms with Gasteiger partial charge >= 0.3 is 0 Å². The normalized spacial score (nSPS) is 27.6. The summed E-state index contributed by atoms with van der Waals surface area (Å²) in [4.78, 5) is 0. The Labute approximate surface area is 119 Å². The molecule has 1 atom stereocenters. The summed E-state index contributed by atoms with van der Waals surface area (Å²) in [5.74, 6) is -4.31. The van der Waals surface area contributed by atoms with Crippen LogP contribution < -0.4 is 0 Å². The fourth-order valence-corrected chi connectivity index (χ4v) is 3.36. The fourth-order valence-electron chi connectivity index (χ4n) is 2.76. The Kier molecular flexibility index (Phi) is 5.69. The molecule has 9 heteroatoms. The van der Waals surface area contributed by atoms with Crippen LogP contribution in [0.15, 0.2) is 0 Å². The van der Waals surface area contributed by atoms with E-state index in [0.29, 0.717) is 0 Å². The minimum Gasteiger partial charge on any atom is -0.388 e. The SMILES string of the molecule is COC1CC(O[Si])(O[Si])C(OC)(OC)C1(OC)OC. The van der Waals surface area contributed by atoms with Gasteiger partial charge < -0.3 is 32.5 Å². The van der Waals surface area contributed by atoms with Gasteiger partial charge in [-0.2, -0.15) is 0 Å². The van der Waals surface area contributed by atoms with Crippen molar-refractivity contribution in [3.63, 3.8) is 0 Å². The van der Waals surface area contributed by atoms with Gasteiger partial charge in [0.1, 0.15) is 6.10 Å². The van der Waals surface area contributed by atoms with Crippen molar-refractivity contribution in [2.24, 2.45) is 0 Å². The van der Waals surface area contributed by atoms with Gasteiger partial charge in [-0.3, -0.25) is 0 Å². The van der Waals surface area contributed by atoms with Crippen molar-refractivity contribution < 1.29 is 32.5 Å². The van der Waals surface area contributed by atoms with Crippen LogP contribution in [0.4, 0.5) is 0 Å². The van der Waals surface area contributed by atoms with Crippen molar-refractivity contribution in [3.8, 4) is 0 Å². The summed E-state index contributed by atoms with van der Waals surface area (Å²) in [6.07, 6.45) is -0.338. The van der Waals surface area contributed by atoms with Gasteiger partial charge in [-0.1, -0.05) is 0 Å². The Bertz CT molecular complexity index is 290. The summed E-state index contributed by atoms with van der Waals surface area (Å²) in [7, 11) is 13.3. The Morgan fingerprint density at radius 1 is 0.842 bits per heavy atom. The van der Waals surface area contributed by atoms with E-state index in [1.165, 1.54) is 35.5 Å². The van der Waals surface area contributed by atoms with Gasteiger partial charge in [0.15, 0.2) is 0 Å². The molecule has 0 aliphatic heterocycles. The summed E-state index contributed by atoms with van der Waals surface area (Å²) in [6.45, 7) is 0. The monoisotopic (exact) mass is 306 g/mol. The van der Waals surface area contributed by atoms with E-state index in [1.807, 2.05) is 0 Å². The van der Waals surface area contributed by atoms with Gasteiger partial charge in [0, 0.05) is 42.0 Å². The van der Waals surface area contributed by atoms with Gasteiger partial charge in [0.25, 0.3) is 32.5 Å². The highest BCUT2D eigenvalue weighted by Crippen LogP contribution is 2.54. The van der Waals surface area contributed by atoms with Crippen LogP contribution in [0.1, 0.15) is 6.42 Å². The summed E-state index contributed by atoms with van der Waals surface area (Å²) in [5.41, 5.74) is 0. The lowest BCUT2D eigenvalue weighted by atomic mass is 10.0. The highest BCUT2D eigenvalue weighted by atomic mass is 28.2. The van der Waals surface area contributed by atoms with Gasteiger partial charge in [-0.25, -0.2) is 0 Å². The third-order valence-electron chi connectivity index (χ3n) is 3.63. The largest absolute Gasteiger partial charge is 0.388 e. The smallest absolute Gasteiger partial charge is 0.280 e. The predicted molar refractivity (Wildman–Crippen MR) is 65.3 cm³/mol. The molecule has 0 aromatic rings. The quantitative estimate of drug-likeness (QED) is 0.454. The third kappa shape index (κ3) is 1.96. The van der Waals surface area contributed by atoms with E-state index < -0.39 is 23.5 Å². The Balaban J connectivity index is 3.49. The molecule has 0 bridgehead atoms. The molecule has 0 saturated heterocycles. The number of rotatable bonds is 7. The molecule has 0 N–H and O–H groups in total. The third-order valence-corrected chi connectivity index (χ3v) is 4.29. The molecule has 6 radical (unpaired) electrons.